The number of ether oxygens (including phenoxy) is 1. The van der Waals surface area contributed by atoms with Crippen molar-refractivity contribution in [1.82, 2.24) is 5.16 Å². The van der Waals surface area contributed by atoms with Crippen LogP contribution in [-0.4, -0.2) is 11.4 Å². The van der Waals surface area contributed by atoms with Crippen molar-refractivity contribution in [1.29, 1.82) is 0 Å². The van der Waals surface area contributed by atoms with E-state index in [1.807, 2.05) is 26.0 Å². The molecule has 0 bridgehead atoms. The smallest absolute Gasteiger partial charge is 0.174 e. The molecule has 17 heavy (non-hydrogen) atoms. The van der Waals surface area contributed by atoms with Gasteiger partial charge in [-0.15, -0.1) is 0 Å². The zero-order valence-corrected chi connectivity index (χ0v) is 9.77. The van der Waals surface area contributed by atoms with Gasteiger partial charge in [-0.05, 0) is 25.5 Å². The third-order valence-electron chi connectivity index (χ3n) is 2.40. The second kappa shape index (κ2) is 4.82. The van der Waals surface area contributed by atoms with Crippen LogP contribution in [0.15, 0.2) is 28.8 Å². The Morgan fingerprint density at radius 1 is 1.41 bits per heavy atom. The first-order valence-electron chi connectivity index (χ1n) is 5.30. The van der Waals surface area contributed by atoms with Crippen LogP contribution in [0.1, 0.15) is 27.4 Å². The van der Waals surface area contributed by atoms with Crippen LogP contribution in [0.4, 0.5) is 0 Å². The Hall–Kier alpha value is -2.10. The molecule has 0 N–H and O–H groups in total. The van der Waals surface area contributed by atoms with Crippen molar-refractivity contribution in [2.75, 3.05) is 0 Å². The zero-order valence-electron chi connectivity index (χ0n) is 9.77. The van der Waals surface area contributed by atoms with Crippen LogP contribution in [0.3, 0.4) is 0 Å². The lowest BCUT2D eigenvalue weighted by molar-refractivity contribution is 0.111. The van der Waals surface area contributed by atoms with Crippen molar-refractivity contribution in [3.63, 3.8) is 0 Å². The van der Waals surface area contributed by atoms with Crippen LogP contribution in [-0.2, 0) is 6.61 Å². The third-order valence-corrected chi connectivity index (χ3v) is 2.40. The summed E-state index contributed by atoms with van der Waals surface area (Å²) in [4.78, 5) is 10.9. The summed E-state index contributed by atoms with van der Waals surface area (Å²) in [5.41, 5.74) is 2.27. The van der Waals surface area contributed by atoms with Crippen LogP contribution in [0, 0.1) is 13.8 Å². The van der Waals surface area contributed by atoms with Gasteiger partial charge in [0.1, 0.15) is 12.4 Å². The molecule has 1 heterocycles. The molecule has 2 aromatic rings. The van der Waals surface area contributed by atoms with Gasteiger partial charge in [-0.3, -0.25) is 4.79 Å². The van der Waals surface area contributed by atoms with E-state index in [0.29, 0.717) is 17.1 Å². The second-order valence-corrected chi connectivity index (χ2v) is 3.83. The monoisotopic (exact) mass is 231 g/mol. The molecule has 4 nitrogen and oxygen atoms in total. The summed E-state index contributed by atoms with van der Waals surface area (Å²) in [5.74, 6) is 1.24. The highest BCUT2D eigenvalue weighted by Gasteiger charge is 2.08. The number of benzene rings is 1. The topological polar surface area (TPSA) is 52.3 Å². The molecule has 0 saturated heterocycles. The summed E-state index contributed by atoms with van der Waals surface area (Å²) in [6.45, 7) is 4.01. The molecule has 0 spiro atoms. The van der Waals surface area contributed by atoms with E-state index in [2.05, 4.69) is 5.16 Å². The molecule has 0 saturated carbocycles. The highest BCUT2D eigenvalue weighted by molar-refractivity contribution is 5.80. The highest BCUT2D eigenvalue weighted by atomic mass is 16.5. The second-order valence-electron chi connectivity index (χ2n) is 3.83. The molecule has 1 aromatic carbocycles. The first-order chi connectivity index (χ1) is 8.20. The number of aryl methyl sites for hydroxylation is 2. The lowest BCUT2D eigenvalue weighted by Gasteiger charge is -2.09. The number of hydrogen-bond donors (Lipinski definition) is 0. The zero-order chi connectivity index (χ0) is 12.3. The summed E-state index contributed by atoms with van der Waals surface area (Å²) in [5, 5.41) is 3.77. The molecule has 0 radical (unpaired) electrons. The van der Waals surface area contributed by atoms with Crippen molar-refractivity contribution >= 4 is 6.29 Å². The lowest BCUT2D eigenvalue weighted by atomic mass is 10.1. The summed E-state index contributed by atoms with van der Waals surface area (Å²) in [6, 6.07) is 7.25. The van der Waals surface area contributed by atoms with E-state index >= 15 is 0 Å². The molecule has 0 amide bonds. The number of rotatable bonds is 4. The van der Waals surface area contributed by atoms with Gasteiger partial charge in [0.05, 0.1) is 11.3 Å². The minimum absolute atomic E-state index is 0.270. The Morgan fingerprint density at radius 2 is 2.24 bits per heavy atom. The van der Waals surface area contributed by atoms with Crippen LogP contribution in [0.5, 0.6) is 5.75 Å². The van der Waals surface area contributed by atoms with E-state index in [1.165, 1.54) is 0 Å². The largest absolute Gasteiger partial charge is 0.485 e. The Morgan fingerprint density at radius 3 is 2.88 bits per heavy atom. The standard InChI is InChI=1S/C13H13NO3/c1-9-4-3-5-11(7-15)13(9)16-8-12-6-10(2)14-17-12/h3-7H,8H2,1-2H3. The first-order valence-corrected chi connectivity index (χ1v) is 5.30. The number of aldehydes is 1. The number of nitrogens with zero attached hydrogens (tertiary/aromatic N) is 1. The number of carbonyl (C=O) groups excluding carboxylic acids is 1. The van der Waals surface area contributed by atoms with Gasteiger partial charge in [0.2, 0.25) is 0 Å². The molecule has 4 heteroatoms. The van der Waals surface area contributed by atoms with Gasteiger partial charge in [-0.2, -0.15) is 0 Å². The molecular formula is C13H13NO3. The number of aromatic nitrogens is 1. The van der Waals surface area contributed by atoms with E-state index in [9.17, 15) is 4.79 Å². The Bertz CT molecular complexity index is 531. The molecule has 0 aliphatic carbocycles. The fourth-order valence-electron chi connectivity index (χ4n) is 1.59. The lowest BCUT2D eigenvalue weighted by Crippen LogP contribution is -1.99. The third kappa shape index (κ3) is 2.53. The van der Waals surface area contributed by atoms with Crippen molar-refractivity contribution in [3.8, 4) is 5.75 Å². The van der Waals surface area contributed by atoms with E-state index in [4.69, 9.17) is 9.26 Å². The van der Waals surface area contributed by atoms with Gasteiger partial charge in [0.25, 0.3) is 0 Å². The Labute approximate surface area is 99.2 Å². The molecule has 0 fully saturated rings. The predicted molar refractivity (Wildman–Crippen MR) is 62.1 cm³/mol. The van der Waals surface area contributed by atoms with Gasteiger partial charge in [-0.25, -0.2) is 0 Å². The number of hydrogen-bond acceptors (Lipinski definition) is 4. The van der Waals surface area contributed by atoms with Crippen LogP contribution >= 0.6 is 0 Å². The Kier molecular flexibility index (Phi) is 3.23. The molecule has 0 atom stereocenters. The quantitative estimate of drug-likeness (QED) is 0.759. The molecule has 2 rings (SSSR count). The average Bonchev–Trinajstić information content (AvgIpc) is 2.73. The maximum atomic E-state index is 10.9. The van der Waals surface area contributed by atoms with Gasteiger partial charge < -0.3 is 9.26 Å². The van der Waals surface area contributed by atoms with Crippen molar-refractivity contribution in [3.05, 3.63) is 46.8 Å². The Balaban J connectivity index is 2.16. The summed E-state index contributed by atoms with van der Waals surface area (Å²) < 4.78 is 10.6. The average molecular weight is 231 g/mol. The maximum Gasteiger partial charge on any atom is 0.174 e. The van der Waals surface area contributed by atoms with Crippen molar-refractivity contribution in [2.45, 2.75) is 20.5 Å². The highest BCUT2D eigenvalue weighted by Crippen LogP contribution is 2.23. The summed E-state index contributed by atoms with van der Waals surface area (Å²) >= 11 is 0. The minimum atomic E-state index is 0.270. The van der Waals surface area contributed by atoms with Gasteiger partial charge >= 0.3 is 0 Å². The van der Waals surface area contributed by atoms with Crippen LogP contribution < -0.4 is 4.74 Å². The van der Waals surface area contributed by atoms with E-state index < -0.39 is 0 Å². The van der Waals surface area contributed by atoms with Crippen LogP contribution in [0.2, 0.25) is 0 Å². The normalized spacial score (nSPS) is 10.2. The summed E-state index contributed by atoms with van der Waals surface area (Å²) in [6.07, 6.45) is 0.786. The summed E-state index contributed by atoms with van der Waals surface area (Å²) in [7, 11) is 0. The maximum absolute atomic E-state index is 10.9. The molecule has 1 aromatic heterocycles. The van der Waals surface area contributed by atoms with E-state index in [-0.39, 0.29) is 6.61 Å². The fraction of sp³-hybridized carbons (Fsp3) is 0.231. The van der Waals surface area contributed by atoms with Gasteiger partial charge in [0.15, 0.2) is 12.0 Å². The fourth-order valence-corrected chi connectivity index (χ4v) is 1.59. The van der Waals surface area contributed by atoms with Crippen molar-refractivity contribution in [2.24, 2.45) is 0 Å². The van der Waals surface area contributed by atoms with E-state index in [1.54, 1.807) is 12.1 Å². The SMILES string of the molecule is Cc1cc(COc2c(C)cccc2C=O)on1. The number of carbonyl (C=O) groups is 1. The first kappa shape index (κ1) is 11.4. The molecule has 88 valence electrons. The molecule has 0 aliphatic heterocycles. The molecule has 0 unspecified atom stereocenters. The molecular weight excluding hydrogens is 218 g/mol. The van der Waals surface area contributed by atoms with Crippen molar-refractivity contribution < 1.29 is 14.1 Å². The van der Waals surface area contributed by atoms with Gasteiger partial charge in [-0.1, -0.05) is 17.3 Å². The van der Waals surface area contributed by atoms with E-state index in [0.717, 1.165) is 17.5 Å². The van der Waals surface area contributed by atoms with Crippen LogP contribution in [0.25, 0.3) is 0 Å². The molecule has 0 aliphatic rings. The van der Waals surface area contributed by atoms with Gasteiger partial charge in [0, 0.05) is 6.07 Å². The predicted octanol–water partition coefficient (Wildman–Crippen LogP) is 2.68. The number of para-hydroxylation sites is 1. The minimum Gasteiger partial charge on any atom is -0.485 e.